The van der Waals surface area contributed by atoms with Crippen molar-refractivity contribution in [1.29, 1.82) is 0 Å². The fourth-order valence-corrected chi connectivity index (χ4v) is 3.35. The molecule has 2 aliphatic rings. The van der Waals surface area contributed by atoms with Crippen LogP contribution in [0.25, 0.3) is 0 Å². The van der Waals surface area contributed by atoms with Crippen LogP contribution < -0.4 is 10.1 Å². The number of nitrogens with zero attached hydrogens (tertiary/aromatic N) is 2. The smallest absolute Gasteiger partial charge is 0.254 e. The van der Waals surface area contributed by atoms with Gasteiger partial charge in [-0.05, 0) is 56.6 Å². The number of piperidine rings is 1. The number of hydrogen-bond donors (Lipinski definition) is 1. The molecule has 0 bridgehead atoms. The molecule has 0 spiro atoms. The monoisotopic (exact) mass is 345 g/mol. The second kappa shape index (κ2) is 8.85. The van der Waals surface area contributed by atoms with Crippen molar-refractivity contribution < 1.29 is 14.3 Å². The number of amides is 2. The van der Waals surface area contributed by atoms with Gasteiger partial charge in [-0.2, -0.15) is 0 Å². The van der Waals surface area contributed by atoms with Crippen molar-refractivity contribution in [3.8, 4) is 5.75 Å². The molecule has 6 nitrogen and oxygen atoms in total. The minimum atomic E-state index is -0.105. The van der Waals surface area contributed by atoms with Crippen molar-refractivity contribution in [2.24, 2.45) is 0 Å². The third kappa shape index (κ3) is 5.19. The van der Waals surface area contributed by atoms with Gasteiger partial charge in [-0.1, -0.05) is 6.42 Å². The molecule has 25 heavy (non-hydrogen) atoms. The Morgan fingerprint density at radius 1 is 1.08 bits per heavy atom. The first-order valence-electron chi connectivity index (χ1n) is 9.23. The summed E-state index contributed by atoms with van der Waals surface area (Å²) in [5, 5.41) is 2.72. The average Bonchev–Trinajstić information content (AvgIpc) is 2.66. The van der Waals surface area contributed by atoms with E-state index in [9.17, 15) is 9.59 Å². The predicted molar refractivity (Wildman–Crippen MR) is 95.8 cm³/mol. The minimum absolute atomic E-state index is 0.103. The summed E-state index contributed by atoms with van der Waals surface area (Å²) in [6, 6.07) is 7.21. The Morgan fingerprint density at radius 3 is 2.56 bits per heavy atom. The Kier molecular flexibility index (Phi) is 6.28. The van der Waals surface area contributed by atoms with Crippen LogP contribution in [0, 0.1) is 0 Å². The number of carbonyl (C=O) groups excluding carboxylic acids is 2. The van der Waals surface area contributed by atoms with Crippen molar-refractivity contribution in [1.82, 2.24) is 15.1 Å². The summed E-state index contributed by atoms with van der Waals surface area (Å²) in [5.74, 6) is 0.575. The van der Waals surface area contributed by atoms with E-state index in [4.69, 9.17) is 4.74 Å². The van der Waals surface area contributed by atoms with Gasteiger partial charge < -0.3 is 19.9 Å². The van der Waals surface area contributed by atoms with Crippen LogP contribution >= 0.6 is 0 Å². The van der Waals surface area contributed by atoms with Crippen molar-refractivity contribution in [3.05, 3.63) is 29.8 Å². The van der Waals surface area contributed by atoms with Crippen molar-refractivity contribution >= 4 is 11.8 Å². The highest BCUT2D eigenvalue weighted by molar-refractivity contribution is 5.97. The minimum Gasteiger partial charge on any atom is -0.494 e. The highest BCUT2D eigenvalue weighted by atomic mass is 16.5. The summed E-state index contributed by atoms with van der Waals surface area (Å²) in [5.41, 5.74) is 0.593. The van der Waals surface area contributed by atoms with Gasteiger partial charge in [-0.15, -0.1) is 0 Å². The molecule has 2 heterocycles. The first kappa shape index (κ1) is 17.7. The lowest BCUT2D eigenvalue weighted by Gasteiger charge is -2.26. The molecule has 2 amide bonds. The van der Waals surface area contributed by atoms with Crippen LogP contribution in [0.3, 0.4) is 0 Å². The second-order valence-electron chi connectivity index (χ2n) is 6.71. The van der Waals surface area contributed by atoms with Crippen molar-refractivity contribution in [2.75, 3.05) is 45.9 Å². The van der Waals surface area contributed by atoms with Gasteiger partial charge in [-0.25, -0.2) is 0 Å². The molecule has 1 aromatic rings. The van der Waals surface area contributed by atoms with Gasteiger partial charge in [0.25, 0.3) is 5.91 Å². The average molecular weight is 345 g/mol. The first-order chi connectivity index (χ1) is 12.2. The Balaban J connectivity index is 1.42. The number of rotatable bonds is 6. The summed E-state index contributed by atoms with van der Waals surface area (Å²) in [4.78, 5) is 27.9. The number of benzene rings is 1. The van der Waals surface area contributed by atoms with Crippen LogP contribution in [-0.4, -0.2) is 67.5 Å². The highest BCUT2D eigenvalue weighted by Crippen LogP contribution is 2.15. The molecule has 0 atom stereocenters. The van der Waals surface area contributed by atoms with E-state index in [0.29, 0.717) is 25.3 Å². The standard InChI is InChI=1S/C19H27N3O3/c23-18-15-22(13-9-20-18)19(24)16-5-7-17(8-6-16)25-14-4-12-21-10-2-1-3-11-21/h5-8H,1-4,9-15H2,(H,20,23). The molecule has 2 fully saturated rings. The van der Waals surface area contributed by atoms with Gasteiger partial charge in [0.05, 0.1) is 13.2 Å². The molecule has 0 saturated carbocycles. The molecule has 6 heteroatoms. The summed E-state index contributed by atoms with van der Waals surface area (Å²) in [7, 11) is 0. The van der Waals surface area contributed by atoms with E-state index >= 15 is 0 Å². The zero-order valence-corrected chi connectivity index (χ0v) is 14.7. The molecule has 1 N–H and O–H groups in total. The van der Waals surface area contributed by atoms with Gasteiger partial charge in [0.1, 0.15) is 5.75 Å². The second-order valence-corrected chi connectivity index (χ2v) is 6.71. The molecule has 0 unspecified atom stereocenters. The van der Waals surface area contributed by atoms with Crippen LogP contribution in [-0.2, 0) is 4.79 Å². The summed E-state index contributed by atoms with van der Waals surface area (Å²) >= 11 is 0. The molecule has 1 aromatic carbocycles. The fourth-order valence-electron chi connectivity index (χ4n) is 3.35. The number of ether oxygens (including phenoxy) is 1. The molecule has 136 valence electrons. The number of likely N-dealkylation sites (tertiary alicyclic amines) is 1. The van der Waals surface area contributed by atoms with E-state index < -0.39 is 0 Å². The fraction of sp³-hybridized carbons (Fsp3) is 0.579. The van der Waals surface area contributed by atoms with Crippen LogP contribution in [0.1, 0.15) is 36.0 Å². The highest BCUT2D eigenvalue weighted by Gasteiger charge is 2.22. The van der Waals surface area contributed by atoms with Crippen LogP contribution in [0.5, 0.6) is 5.75 Å². The third-order valence-electron chi connectivity index (χ3n) is 4.76. The molecule has 0 radical (unpaired) electrons. The normalized spacial score (nSPS) is 18.7. The van der Waals surface area contributed by atoms with Crippen LogP contribution in [0.2, 0.25) is 0 Å². The lowest BCUT2D eigenvalue weighted by atomic mass is 10.1. The number of hydrogen-bond acceptors (Lipinski definition) is 4. The first-order valence-corrected chi connectivity index (χ1v) is 9.23. The molecule has 2 saturated heterocycles. The summed E-state index contributed by atoms with van der Waals surface area (Å²) in [6.07, 6.45) is 5.01. The maximum atomic E-state index is 12.4. The Labute approximate surface area is 149 Å². The number of nitrogens with one attached hydrogen (secondary N) is 1. The largest absolute Gasteiger partial charge is 0.494 e. The van der Waals surface area contributed by atoms with Crippen LogP contribution in [0.15, 0.2) is 24.3 Å². The van der Waals surface area contributed by atoms with Gasteiger partial charge in [0.2, 0.25) is 5.91 Å². The predicted octanol–water partition coefficient (Wildman–Crippen LogP) is 1.51. The van der Waals surface area contributed by atoms with E-state index in [-0.39, 0.29) is 18.4 Å². The van der Waals surface area contributed by atoms with Crippen LogP contribution in [0.4, 0.5) is 0 Å². The number of piperazine rings is 1. The lowest BCUT2D eigenvalue weighted by molar-refractivity contribution is -0.123. The Bertz CT molecular complexity index is 582. The van der Waals surface area contributed by atoms with Gasteiger partial charge in [-0.3, -0.25) is 9.59 Å². The van der Waals surface area contributed by atoms with Crippen molar-refractivity contribution in [3.63, 3.8) is 0 Å². The molecule has 0 aromatic heterocycles. The van der Waals surface area contributed by atoms with Gasteiger partial charge >= 0.3 is 0 Å². The van der Waals surface area contributed by atoms with Gasteiger partial charge in [0, 0.05) is 25.2 Å². The molecular formula is C19H27N3O3. The molecule has 0 aliphatic carbocycles. The Morgan fingerprint density at radius 2 is 1.84 bits per heavy atom. The summed E-state index contributed by atoms with van der Waals surface area (Å²) in [6.45, 7) is 5.41. The zero-order valence-electron chi connectivity index (χ0n) is 14.7. The maximum absolute atomic E-state index is 12.4. The third-order valence-corrected chi connectivity index (χ3v) is 4.76. The Hall–Kier alpha value is -2.08. The molecule has 3 rings (SSSR count). The summed E-state index contributed by atoms with van der Waals surface area (Å²) < 4.78 is 5.78. The van der Waals surface area contributed by atoms with E-state index in [2.05, 4.69) is 10.2 Å². The van der Waals surface area contributed by atoms with E-state index in [1.807, 2.05) is 12.1 Å². The van der Waals surface area contributed by atoms with E-state index in [1.165, 1.54) is 32.4 Å². The van der Waals surface area contributed by atoms with Crippen molar-refractivity contribution in [2.45, 2.75) is 25.7 Å². The lowest BCUT2D eigenvalue weighted by Crippen LogP contribution is -2.49. The van der Waals surface area contributed by atoms with E-state index in [0.717, 1.165) is 18.7 Å². The number of carbonyl (C=O) groups is 2. The zero-order chi connectivity index (χ0) is 17.5. The SMILES string of the molecule is O=C1CN(C(=O)c2ccc(OCCCN3CCCCC3)cc2)CCN1. The quantitative estimate of drug-likeness (QED) is 0.794. The van der Waals surface area contributed by atoms with E-state index in [1.54, 1.807) is 17.0 Å². The molecular weight excluding hydrogens is 318 g/mol. The maximum Gasteiger partial charge on any atom is 0.254 e. The molecule has 2 aliphatic heterocycles. The topological polar surface area (TPSA) is 61.9 Å². The van der Waals surface area contributed by atoms with Gasteiger partial charge in [0.15, 0.2) is 0 Å².